The Hall–Kier alpha value is -1.01. The molecule has 0 spiro atoms. The molecule has 3 atom stereocenters. The SMILES string of the molecule is CC/C=C/CC(O)CC[C@@H]1CCC(=O)N1CCSCC(C)CC(=O)O. The fourth-order valence-electron chi connectivity index (χ4n) is 3.13. The van der Waals surface area contributed by atoms with E-state index in [1.165, 1.54) is 0 Å². The van der Waals surface area contributed by atoms with Crippen LogP contribution in [0.3, 0.4) is 0 Å². The molecule has 1 amide bonds. The van der Waals surface area contributed by atoms with Crippen LogP contribution in [0.4, 0.5) is 0 Å². The first-order chi connectivity index (χ1) is 11.9. The zero-order chi connectivity index (χ0) is 18.7. The van der Waals surface area contributed by atoms with Crippen LogP contribution in [0.1, 0.15) is 58.8 Å². The number of likely N-dealkylation sites (tertiary alicyclic amines) is 1. The average Bonchev–Trinajstić information content (AvgIpc) is 2.89. The summed E-state index contributed by atoms with van der Waals surface area (Å²) in [4.78, 5) is 24.7. The number of rotatable bonds is 13. The number of amides is 1. The summed E-state index contributed by atoms with van der Waals surface area (Å²) in [7, 11) is 0. The molecule has 1 aliphatic rings. The maximum Gasteiger partial charge on any atom is 0.303 e. The van der Waals surface area contributed by atoms with Gasteiger partial charge in [0, 0.05) is 31.2 Å². The van der Waals surface area contributed by atoms with Crippen molar-refractivity contribution in [1.29, 1.82) is 0 Å². The van der Waals surface area contributed by atoms with Crippen LogP contribution in [-0.4, -0.2) is 57.2 Å². The lowest BCUT2D eigenvalue weighted by Crippen LogP contribution is -2.35. The number of aliphatic hydroxyl groups is 1. The van der Waals surface area contributed by atoms with Gasteiger partial charge in [-0.3, -0.25) is 9.59 Å². The first-order valence-corrected chi connectivity index (χ1v) is 10.5. The Labute approximate surface area is 155 Å². The van der Waals surface area contributed by atoms with Crippen molar-refractivity contribution in [1.82, 2.24) is 4.90 Å². The number of aliphatic hydroxyl groups excluding tert-OH is 1. The number of carboxylic acid groups (broad SMARTS) is 1. The molecule has 2 unspecified atom stereocenters. The van der Waals surface area contributed by atoms with E-state index in [1.807, 2.05) is 17.9 Å². The van der Waals surface area contributed by atoms with Crippen molar-refractivity contribution < 1.29 is 19.8 Å². The molecule has 1 rings (SSSR count). The molecule has 1 saturated heterocycles. The van der Waals surface area contributed by atoms with Crippen LogP contribution in [0, 0.1) is 5.92 Å². The van der Waals surface area contributed by atoms with E-state index in [2.05, 4.69) is 13.0 Å². The van der Waals surface area contributed by atoms with Crippen LogP contribution in [0.5, 0.6) is 0 Å². The molecule has 0 aliphatic carbocycles. The van der Waals surface area contributed by atoms with Crippen LogP contribution >= 0.6 is 11.8 Å². The molecule has 0 aromatic rings. The van der Waals surface area contributed by atoms with Crippen molar-refractivity contribution >= 4 is 23.6 Å². The van der Waals surface area contributed by atoms with Crippen molar-refractivity contribution in [2.24, 2.45) is 5.92 Å². The predicted molar refractivity (Wildman–Crippen MR) is 103 cm³/mol. The summed E-state index contributed by atoms with van der Waals surface area (Å²) < 4.78 is 0. The molecular weight excluding hydrogens is 338 g/mol. The molecule has 1 aliphatic heterocycles. The Bertz CT molecular complexity index is 441. The molecule has 2 N–H and O–H groups in total. The van der Waals surface area contributed by atoms with Gasteiger partial charge in [-0.1, -0.05) is 26.0 Å². The van der Waals surface area contributed by atoms with Gasteiger partial charge in [0.05, 0.1) is 6.10 Å². The van der Waals surface area contributed by atoms with Gasteiger partial charge in [0.15, 0.2) is 0 Å². The summed E-state index contributed by atoms with van der Waals surface area (Å²) in [5, 5.41) is 18.8. The van der Waals surface area contributed by atoms with E-state index < -0.39 is 5.97 Å². The van der Waals surface area contributed by atoms with Crippen molar-refractivity contribution in [2.75, 3.05) is 18.1 Å². The number of hydrogen-bond donors (Lipinski definition) is 2. The molecule has 5 nitrogen and oxygen atoms in total. The fourth-order valence-corrected chi connectivity index (χ4v) is 4.14. The molecule has 0 bridgehead atoms. The van der Waals surface area contributed by atoms with Gasteiger partial charge in [-0.2, -0.15) is 11.8 Å². The molecule has 1 heterocycles. The number of carbonyl (C=O) groups is 2. The lowest BCUT2D eigenvalue weighted by molar-refractivity contribution is -0.137. The van der Waals surface area contributed by atoms with Crippen molar-refractivity contribution in [3.8, 4) is 0 Å². The average molecular weight is 372 g/mol. The number of carboxylic acids is 1. The molecule has 0 aromatic carbocycles. The van der Waals surface area contributed by atoms with Gasteiger partial charge in [0.1, 0.15) is 0 Å². The third-order valence-corrected chi connectivity index (χ3v) is 5.77. The van der Waals surface area contributed by atoms with Crippen LogP contribution < -0.4 is 0 Å². The molecule has 0 radical (unpaired) electrons. The zero-order valence-corrected chi connectivity index (χ0v) is 16.3. The zero-order valence-electron chi connectivity index (χ0n) is 15.5. The topological polar surface area (TPSA) is 77.8 Å². The minimum atomic E-state index is -0.754. The molecular formula is C19H33NO4S. The Kier molecular flexibility index (Phi) is 10.9. The number of nitrogens with zero attached hydrogens (tertiary/aromatic N) is 1. The third kappa shape index (κ3) is 9.31. The smallest absolute Gasteiger partial charge is 0.303 e. The number of hydrogen-bond acceptors (Lipinski definition) is 4. The molecule has 144 valence electrons. The number of carbonyl (C=O) groups excluding carboxylic acids is 1. The Morgan fingerprint density at radius 2 is 2.20 bits per heavy atom. The second-order valence-electron chi connectivity index (χ2n) is 6.90. The van der Waals surface area contributed by atoms with Gasteiger partial charge in [-0.25, -0.2) is 0 Å². The minimum absolute atomic E-state index is 0.152. The molecule has 25 heavy (non-hydrogen) atoms. The lowest BCUT2D eigenvalue weighted by Gasteiger charge is -2.25. The summed E-state index contributed by atoms with van der Waals surface area (Å²) in [6.45, 7) is 4.74. The van der Waals surface area contributed by atoms with Gasteiger partial charge in [-0.05, 0) is 43.8 Å². The van der Waals surface area contributed by atoms with Crippen molar-refractivity contribution in [3.63, 3.8) is 0 Å². The Morgan fingerprint density at radius 1 is 1.44 bits per heavy atom. The minimum Gasteiger partial charge on any atom is -0.481 e. The molecule has 0 aromatic heterocycles. The van der Waals surface area contributed by atoms with Gasteiger partial charge in [0.25, 0.3) is 0 Å². The summed E-state index contributed by atoms with van der Waals surface area (Å²) in [5.74, 6) is 1.26. The van der Waals surface area contributed by atoms with E-state index in [0.29, 0.717) is 12.8 Å². The van der Waals surface area contributed by atoms with E-state index in [-0.39, 0.29) is 30.4 Å². The Morgan fingerprint density at radius 3 is 2.88 bits per heavy atom. The standard InChI is InChI=1S/C19H33NO4S/c1-3-4-5-6-17(21)9-7-16-8-10-18(22)20(16)11-12-25-14-15(2)13-19(23)24/h4-5,15-17,21H,3,6-14H2,1-2H3,(H,23,24)/b5-4+/t15?,16-,17?/m1/s1. The van der Waals surface area contributed by atoms with Crippen LogP contribution in [0.25, 0.3) is 0 Å². The highest BCUT2D eigenvalue weighted by atomic mass is 32.2. The second-order valence-corrected chi connectivity index (χ2v) is 8.05. The van der Waals surface area contributed by atoms with E-state index in [0.717, 1.165) is 43.7 Å². The highest BCUT2D eigenvalue weighted by Crippen LogP contribution is 2.24. The molecule has 1 fully saturated rings. The van der Waals surface area contributed by atoms with Crippen LogP contribution in [0.2, 0.25) is 0 Å². The van der Waals surface area contributed by atoms with Gasteiger partial charge in [0.2, 0.25) is 5.91 Å². The summed E-state index contributed by atoms with van der Waals surface area (Å²) in [6, 6.07) is 0.245. The van der Waals surface area contributed by atoms with Crippen molar-refractivity contribution in [3.05, 3.63) is 12.2 Å². The summed E-state index contributed by atoms with van der Waals surface area (Å²) >= 11 is 1.72. The first kappa shape index (κ1) is 22.0. The fraction of sp³-hybridized carbons (Fsp3) is 0.789. The molecule has 0 saturated carbocycles. The maximum absolute atomic E-state index is 12.1. The number of allylic oxidation sites excluding steroid dienone is 1. The van der Waals surface area contributed by atoms with Crippen LogP contribution in [-0.2, 0) is 9.59 Å². The third-order valence-electron chi connectivity index (χ3n) is 4.50. The van der Waals surface area contributed by atoms with Crippen molar-refractivity contribution in [2.45, 2.75) is 70.9 Å². The van der Waals surface area contributed by atoms with Gasteiger partial charge < -0.3 is 15.1 Å². The number of thioether (sulfide) groups is 1. The highest BCUT2D eigenvalue weighted by Gasteiger charge is 2.30. The van der Waals surface area contributed by atoms with E-state index in [4.69, 9.17) is 5.11 Å². The summed E-state index contributed by atoms with van der Waals surface area (Å²) in [6.07, 6.45) is 8.71. The molecule has 6 heteroatoms. The monoisotopic (exact) mass is 371 g/mol. The van der Waals surface area contributed by atoms with Gasteiger partial charge in [-0.15, -0.1) is 0 Å². The largest absolute Gasteiger partial charge is 0.481 e. The normalized spacial score (nSPS) is 20.4. The van der Waals surface area contributed by atoms with E-state index in [1.54, 1.807) is 11.8 Å². The quantitative estimate of drug-likeness (QED) is 0.384. The number of aliphatic carboxylic acids is 1. The highest BCUT2D eigenvalue weighted by molar-refractivity contribution is 7.99. The van der Waals surface area contributed by atoms with Crippen LogP contribution in [0.15, 0.2) is 12.2 Å². The maximum atomic E-state index is 12.1. The first-order valence-electron chi connectivity index (χ1n) is 9.36. The second kappa shape index (κ2) is 12.4. The summed E-state index contributed by atoms with van der Waals surface area (Å²) in [5.41, 5.74) is 0. The van der Waals surface area contributed by atoms with Gasteiger partial charge >= 0.3 is 5.97 Å². The Balaban J connectivity index is 2.27. The lowest BCUT2D eigenvalue weighted by atomic mass is 10.0. The van der Waals surface area contributed by atoms with E-state index in [9.17, 15) is 14.7 Å². The predicted octanol–water partition coefficient (Wildman–Crippen LogP) is 3.32. The van der Waals surface area contributed by atoms with E-state index >= 15 is 0 Å².